The number of aromatic nitrogens is 3. The molecule has 0 atom stereocenters. The molecule has 1 N–H and O–H groups in total. The van der Waals surface area contributed by atoms with Gasteiger partial charge < -0.3 is 9.84 Å². The average Bonchev–Trinajstić information content (AvgIpc) is 3.26. The summed E-state index contributed by atoms with van der Waals surface area (Å²) in [6.07, 6.45) is 3.21. The zero-order chi connectivity index (χ0) is 22.8. The number of ketones is 1. The molecule has 0 radical (unpaired) electrons. The van der Waals surface area contributed by atoms with Gasteiger partial charge in [-0.25, -0.2) is 4.68 Å². The third-order valence-corrected chi connectivity index (χ3v) is 5.64. The van der Waals surface area contributed by atoms with Crippen LogP contribution < -0.4 is 4.74 Å². The van der Waals surface area contributed by atoms with Gasteiger partial charge >= 0.3 is 0 Å². The molecule has 33 heavy (non-hydrogen) atoms. The van der Waals surface area contributed by atoms with Crippen molar-refractivity contribution in [2.75, 3.05) is 7.11 Å². The van der Waals surface area contributed by atoms with Crippen molar-refractivity contribution in [3.63, 3.8) is 0 Å². The number of methoxy groups -OCH3 is 1. The number of hydrogen-bond donors (Lipinski definition) is 1. The Bertz CT molecular complexity index is 1520. The first-order valence-electron chi connectivity index (χ1n) is 10.5. The van der Waals surface area contributed by atoms with Crippen LogP contribution >= 0.6 is 0 Å². The number of rotatable bonds is 6. The lowest BCUT2D eigenvalue weighted by atomic mass is 10.0. The number of allylic oxidation sites excluding steroid dienone is 1. The van der Waals surface area contributed by atoms with Crippen molar-refractivity contribution in [1.82, 2.24) is 15.0 Å². The summed E-state index contributed by atoms with van der Waals surface area (Å²) in [5.74, 6) is 0.458. The van der Waals surface area contributed by atoms with E-state index in [1.807, 2.05) is 71.4 Å². The largest absolute Gasteiger partial charge is 0.507 e. The van der Waals surface area contributed by atoms with Gasteiger partial charge in [0.05, 0.1) is 24.7 Å². The van der Waals surface area contributed by atoms with Gasteiger partial charge in [0.15, 0.2) is 5.78 Å². The highest BCUT2D eigenvalue weighted by Crippen LogP contribution is 2.29. The van der Waals surface area contributed by atoms with Gasteiger partial charge in [-0.15, -0.1) is 5.10 Å². The molecule has 0 bridgehead atoms. The Hall–Kier alpha value is -4.45. The molecular weight excluding hydrogens is 414 g/mol. The van der Waals surface area contributed by atoms with E-state index in [9.17, 15) is 9.90 Å². The van der Waals surface area contributed by atoms with Crippen molar-refractivity contribution < 1.29 is 14.6 Å². The molecule has 4 aromatic carbocycles. The zero-order valence-electron chi connectivity index (χ0n) is 18.0. The van der Waals surface area contributed by atoms with Crippen molar-refractivity contribution in [1.29, 1.82) is 0 Å². The van der Waals surface area contributed by atoms with Crippen LogP contribution in [-0.2, 0) is 6.54 Å². The van der Waals surface area contributed by atoms with E-state index in [0.717, 1.165) is 33.3 Å². The number of carbonyl (C=O) groups is 1. The molecule has 162 valence electrons. The topological polar surface area (TPSA) is 77.2 Å². The highest BCUT2D eigenvalue weighted by atomic mass is 16.5. The van der Waals surface area contributed by atoms with E-state index in [4.69, 9.17) is 4.74 Å². The zero-order valence-corrected chi connectivity index (χ0v) is 18.0. The fourth-order valence-corrected chi connectivity index (χ4v) is 3.94. The maximum atomic E-state index is 12.8. The SMILES string of the molecule is COc1ccc(/C=C/C(=O)c2ccc3ccccc3c2O)cc1Cn1nnc2ccccc21. The first-order chi connectivity index (χ1) is 16.1. The number of ether oxygens (including phenoxy) is 1. The molecule has 6 nitrogen and oxygen atoms in total. The Balaban J connectivity index is 1.43. The normalized spacial score (nSPS) is 11.4. The molecule has 0 saturated carbocycles. The molecule has 0 aliphatic heterocycles. The molecule has 0 unspecified atom stereocenters. The molecule has 5 rings (SSSR count). The molecular formula is C27H21N3O3. The van der Waals surface area contributed by atoms with Crippen LogP contribution in [0, 0.1) is 0 Å². The van der Waals surface area contributed by atoms with Crippen LogP contribution in [0.3, 0.4) is 0 Å². The summed E-state index contributed by atoms with van der Waals surface area (Å²) in [5.41, 5.74) is 3.78. The van der Waals surface area contributed by atoms with Gasteiger partial charge in [-0.2, -0.15) is 0 Å². The predicted octanol–water partition coefficient (Wildman–Crippen LogP) is 5.24. The highest BCUT2D eigenvalue weighted by molar-refractivity contribution is 6.11. The van der Waals surface area contributed by atoms with E-state index in [1.54, 1.807) is 25.3 Å². The minimum Gasteiger partial charge on any atom is -0.507 e. The second-order valence-corrected chi connectivity index (χ2v) is 7.69. The Morgan fingerprint density at radius 3 is 2.73 bits per heavy atom. The van der Waals surface area contributed by atoms with E-state index in [2.05, 4.69) is 10.3 Å². The smallest absolute Gasteiger partial charge is 0.189 e. The number of benzene rings is 4. The highest BCUT2D eigenvalue weighted by Gasteiger charge is 2.12. The Labute approximate surface area is 190 Å². The number of phenols is 1. The second-order valence-electron chi connectivity index (χ2n) is 7.69. The van der Waals surface area contributed by atoms with Gasteiger partial charge in [0, 0.05) is 10.9 Å². The second kappa shape index (κ2) is 8.59. The van der Waals surface area contributed by atoms with Gasteiger partial charge in [0.1, 0.15) is 17.0 Å². The van der Waals surface area contributed by atoms with Crippen LogP contribution in [-0.4, -0.2) is 33.0 Å². The van der Waals surface area contributed by atoms with Crippen LogP contribution in [0.4, 0.5) is 0 Å². The summed E-state index contributed by atoms with van der Waals surface area (Å²) in [7, 11) is 1.62. The molecule has 0 aliphatic rings. The molecule has 1 aromatic heterocycles. The van der Waals surface area contributed by atoms with E-state index < -0.39 is 0 Å². The summed E-state index contributed by atoms with van der Waals surface area (Å²) < 4.78 is 7.35. The van der Waals surface area contributed by atoms with Gasteiger partial charge in [0.2, 0.25) is 0 Å². The van der Waals surface area contributed by atoms with Crippen molar-refractivity contribution in [2.45, 2.75) is 6.54 Å². The monoisotopic (exact) mass is 435 g/mol. The molecule has 6 heteroatoms. The number of aromatic hydroxyl groups is 1. The standard InChI is InChI=1S/C27H21N3O3/c1-33-26-15-11-18(16-20(26)17-30-24-9-5-4-8-23(24)28-29-30)10-14-25(31)22-13-12-19-6-2-3-7-21(19)27(22)32/h2-16,32H,17H2,1H3/b14-10+. The fraction of sp³-hybridized carbons (Fsp3) is 0.0741. The van der Waals surface area contributed by atoms with Crippen LogP contribution in [0.5, 0.6) is 11.5 Å². The number of carbonyl (C=O) groups excluding carboxylic acids is 1. The Morgan fingerprint density at radius 2 is 1.85 bits per heavy atom. The summed E-state index contributed by atoms with van der Waals surface area (Å²) >= 11 is 0. The van der Waals surface area contributed by atoms with Gasteiger partial charge in [-0.05, 0) is 47.4 Å². The minimum atomic E-state index is -0.266. The molecule has 0 aliphatic carbocycles. The lowest BCUT2D eigenvalue weighted by Gasteiger charge is -2.10. The number of para-hydroxylation sites is 1. The summed E-state index contributed by atoms with van der Waals surface area (Å²) in [6, 6.07) is 24.4. The van der Waals surface area contributed by atoms with E-state index in [1.165, 1.54) is 6.08 Å². The van der Waals surface area contributed by atoms with E-state index >= 15 is 0 Å². The molecule has 0 saturated heterocycles. The van der Waals surface area contributed by atoms with Crippen molar-refractivity contribution in [2.24, 2.45) is 0 Å². The van der Waals surface area contributed by atoms with Crippen LogP contribution in [0.25, 0.3) is 27.9 Å². The first kappa shape index (κ1) is 20.5. The van der Waals surface area contributed by atoms with Crippen molar-refractivity contribution in [3.05, 3.63) is 102 Å². The van der Waals surface area contributed by atoms with Crippen LogP contribution in [0.15, 0.2) is 84.9 Å². The summed E-state index contributed by atoms with van der Waals surface area (Å²) in [6.45, 7) is 0.477. The number of nitrogens with zero attached hydrogens (tertiary/aromatic N) is 3. The summed E-state index contributed by atoms with van der Waals surface area (Å²) in [5, 5.41) is 20.6. The van der Waals surface area contributed by atoms with E-state index in [0.29, 0.717) is 11.9 Å². The predicted molar refractivity (Wildman–Crippen MR) is 129 cm³/mol. The first-order valence-corrected chi connectivity index (χ1v) is 10.5. The number of phenolic OH excluding ortho intramolecular Hbond substituents is 1. The molecule has 1 heterocycles. The van der Waals surface area contributed by atoms with Crippen LogP contribution in [0.1, 0.15) is 21.5 Å². The number of hydrogen-bond acceptors (Lipinski definition) is 5. The molecule has 5 aromatic rings. The van der Waals surface area contributed by atoms with Crippen molar-refractivity contribution in [3.8, 4) is 11.5 Å². The lowest BCUT2D eigenvalue weighted by molar-refractivity contribution is 0.104. The number of fused-ring (bicyclic) bond motifs is 2. The van der Waals surface area contributed by atoms with Crippen LogP contribution in [0.2, 0.25) is 0 Å². The third-order valence-electron chi connectivity index (χ3n) is 5.64. The maximum absolute atomic E-state index is 12.8. The molecule has 0 spiro atoms. The average molecular weight is 435 g/mol. The Morgan fingerprint density at radius 1 is 1.03 bits per heavy atom. The van der Waals surface area contributed by atoms with E-state index in [-0.39, 0.29) is 17.1 Å². The van der Waals surface area contributed by atoms with Crippen molar-refractivity contribution >= 4 is 33.7 Å². The van der Waals surface area contributed by atoms with Gasteiger partial charge in [-0.3, -0.25) is 4.79 Å². The maximum Gasteiger partial charge on any atom is 0.189 e. The third kappa shape index (κ3) is 3.94. The molecule has 0 fully saturated rings. The van der Waals surface area contributed by atoms with Gasteiger partial charge in [-0.1, -0.05) is 59.8 Å². The lowest BCUT2D eigenvalue weighted by Crippen LogP contribution is -2.04. The Kier molecular flexibility index (Phi) is 5.32. The minimum absolute atomic E-state index is 0.00349. The van der Waals surface area contributed by atoms with Gasteiger partial charge in [0.25, 0.3) is 0 Å². The molecule has 0 amide bonds. The summed E-state index contributed by atoms with van der Waals surface area (Å²) in [4.78, 5) is 12.8. The fourth-order valence-electron chi connectivity index (χ4n) is 3.94. The quantitative estimate of drug-likeness (QED) is 0.291.